The number of anilines is 1. The van der Waals surface area contributed by atoms with Gasteiger partial charge in [-0.2, -0.15) is 0 Å². The molecule has 0 saturated carbocycles. The van der Waals surface area contributed by atoms with Crippen LogP contribution in [0.2, 0.25) is 0 Å². The Bertz CT molecular complexity index is 589. The Morgan fingerprint density at radius 2 is 2.22 bits per heavy atom. The lowest BCUT2D eigenvalue weighted by Crippen LogP contribution is -2.39. The lowest BCUT2D eigenvalue weighted by Gasteiger charge is -2.33. The molecule has 0 aliphatic carbocycles. The molecule has 0 bridgehead atoms. The van der Waals surface area contributed by atoms with Gasteiger partial charge in [0.05, 0.1) is 22.9 Å². The topological polar surface area (TPSA) is 34.2 Å². The summed E-state index contributed by atoms with van der Waals surface area (Å²) in [6.07, 6.45) is 0. The predicted molar refractivity (Wildman–Crippen MR) is 75.5 cm³/mol. The van der Waals surface area contributed by atoms with Crippen LogP contribution in [0.25, 0.3) is 11.3 Å². The van der Waals surface area contributed by atoms with Crippen molar-refractivity contribution in [3.63, 3.8) is 0 Å². The van der Waals surface area contributed by atoms with Crippen molar-refractivity contribution < 1.29 is 4.74 Å². The zero-order valence-corrected chi connectivity index (χ0v) is 11.6. The van der Waals surface area contributed by atoms with Gasteiger partial charge in [0, 0.05) is 10.9 Å². The van der Waals surface area contributed by atoms with E-state index in [2.05, 4.69) is 41.7 Å². The van der Waals surface area contributed by atoms with Gasteiger partial charge in [0.25, 0.3) is 0 Å². The average Bonchev–Trinajstić information content (AvgIpc) is 2.74. The summed E-state index contributed by atoms with van der Waals surface area (Å²) in [6, 6.07) is 6.20. The number of benzene rings is 1. The fourth-order valence-electron chi connectivity index (χ4n) is 2.05. The highest BCUT2D eigenvalue weighted by Crippen LogP contribution is 2.36. The quantitative estimate of drug-likeness (QED) is 0.849. The van der Waals surface area contributed by atoms with Crippen LogP contribution < -0.4 is 10.1 Å². The third-order valence-corrected chi connectivity index (χ3v) is 3.76. The van der Waals surface area contributed by atoms with Crippen molar-refractivity contribution in [3.05, 3.63) is 28.6 Å². The number of aromatic nitrogens is 1. The summed E-state index contributed by atoms with van der Waals surface area (Å²) in [5.41, 5.74) is 3.07. The molecule has 0 atom stereocenters. The molecule has 3 nitrogen and oxygen atoms in total. The maximum Gasteiger partial charge on any atom is 0.143 e. The smallest absolute Gasteiger partial charge is 0.143 e. The molecule has 0 radical (unpaired) electrons. The first-order chi connectivity index (χ1) is 8.53. The summed E-state index contributed by atoms with van der Waals surface area (Å²) in [6.45, 7) is 7.01. The Morgan fingerprint density at radius 3 is 2.94 bits per heavy atom. The number of ether oxygens (including phenoxy) is 1. The lowest BCUT2D eigenvalue weighted by atomic mass is 10.1. The van der Waals surface area contributed by atoms with Crippen molar-refractivity contribution in [1.29, 1.82) is 0 Å². The first-order valence-corrected chi connectivity index (χ1v) is 6.91. The zero-order valence-electron chi connectivity index (χ0n) is 10.8. The first kappa shape index (κ1) is 11.5. The Morgan fingerprint density at radius 1 is 1.39 bits per heavy atom. The van der Waals surface area contributed by atoms with Crippen LogP contribution in [0.5, 0.6) is 5.75 Å². The van der Waals surface area contributed by atoms with E-state index in [-0.39, 0.29) is 5.60 Å². The molecule has 94 valence electrons. The van der Waals surface area contributed by atoms with Crippen LogP contribution in [0.15, 0.2) is 23.6 Å². The van der Waals surface area contributed by atoms with E-state index >= 15 is 0 Å². The number of nitrogens with zero attached hydrogens (tertiary/aromatic N) is 1. The normalized spacial score (nSPS) is 16.6. The SMILES string of the molecule is Cc1nc(-c2ccc3c(c2)NCC(C)(C)O3)cs1. The van der Waals surface area contributed by atoms with Gasteiger partial charge < -0.3 is 10.1 Å². The molecule has 2 heterocycles. The molecule has 0 spiro atoms. The van der Waals surface area contributed by atoms with Crippen LogP contribution in [-0.2, 0) is 0 Å². The standard InChI is InChI=1S/C14H16N2OS/c1-9-16-12(7-18-9)10-4-5-13-11(6-10)15-8-14(2,3)17-13/h4-7,15H,8H2,1-3H3. The van der Waals surface area contributed by atoms with Gasteiger partial charge in [-0.15, -0.1) is 11.3 Å². The van der Waals surface area contributed by atoms with Gasteiger partial charge in [-0.25, -0.2) is 4.98 Å². The third-order valence-electron chi connectivity index (χ3n) is 2.99. The monoisotopic (exact) mass is 260 g/mol. The van der Waals surface area contributed by atoms with Gasteiger partial charge >= 0.3 is 0 Å². The summed E-state index contributed by atoms with van der Waals surface area (Å²) < 4.78 is 5.94. The van der Waals surface area contributed by atoms with Crippen molar-refractivity contribution >= 4 is 17.0 Å². The van der Waals surface area contributed by atoms with Crippen LogP contribution in [0.3, 0.4) is 0 Å². The summed E-state index contributed by atoms with van der Waals surface area (Å²) >= 11 is 1.67. The number of nitrogens with one attached hydrogen (secondary N) is 1. The Balaban J connectivity index is 1.97. The number of fused-ring (bicyclic) bond motifs is 1. The highest BCUT2D eigenvalue weighted by molar-refractivity contribution is 7.09. The molecule has 0 amide bonds. The minimum atomic E-state index is -0.147. The number of hydrogen-bond acceptors (Lipinski definition) is 4. The zero-order chi connectivity index (χ0) is 12.8. The van der Waals surface area contributed by atoms with Gasteiger partial charge in [-0.3, -0.25) is 0 Å². The van der Waals surface area contributed by atoms with E-state index in [1.165, 1.54) is 0 Å². The Kier molecular flexibility index (Phi) is 2.55. The molecule has 0 saturated heterocycles. The molecular formula is C14H16N2OS. The minimum absolute atomic E-state index is 0.147. The highest BCUT2D eigenvalue weighted by atomic mass is 32.1. The summed E-state index contributed by atoms with van der Waals surface area (Å²) in [5, 5.41) is 6.60. The van der Waals surface area contributed by atoms with E-state index < -0.39 is 0 Å². The van der Waals surface area contributed by atoms with Crippen molar-refractivity contribution in [1.82, 2.24) is 4.98 Å². The maximum atomic E-state index is 5.94. The molecule has 4 heteroatoms. The van der Waals surface area contributed by atoms with Crippen LogP contribution in [0.1, 0.15) is 18.9 Å². The van der Waals surface area contributed by atoms with E-state index in [1.807, 2.05) is 13.0 Å². The number of rotatable bonds is 1. The molecule has 0 fully saturated rings. The second kappa shape index (κ2) is 3.99. The maximum absolute atomic E-state index is 5.94. The summed E-state index contributed by atoms with van der Waals surface area (Å²) in [5.74, 6) is 0.918. The molecule has 3 rings (SSSR count). The molecule has 2 aromatic rings. The van der Waals surface area contributed by atoms with Gasteiger partial charge in [0.2, 0.25) is 0 Å². The van der Waals surface area contributed by atoms with E-state index in [0.29, 0.717) is 0 Å². The van der Waals surface area contributed by atoms with Crippen LogP contribution in [0, 0.1) is 6.92 Å². The minimum Gasteiger partial charge on any atom is -0.484 e. The second-order valence-corrected chi connectivity index (χ2v) is 6.24. The van der Waals surface area contributed by atoms with E-state index in [1.54, 1.807) is 11.3 Å². The number of hydrogen-bond donors (Lipinski definition) is 1. The lowest BCUT2D eigenvalue weighted by molar-refractivity contribution is 0.116. The van der Waals surface area contributed by atoms with Crippen LogP contribution in [-0.4, -0.2) is 17.1 Å². The fraction of sp³-hybridized carbons (Fsp3) is 0.357. The third kappa shape index (κ3) is 2.08. The molecule has 1 aliphatic heterocycles. The summed E-state index contributed by atoms with van der Waals surface area (Å²) in [4.78, 5) is 4.51. The molecule has 1 aromatic carbocycles. The fourth-order valence-corrected chi connectivity index (χ4v) is 2.68. The van der Waals surface area contributed by atoms with Crippen LogP contribution in [0.4, 0.5) is 5.69 Å². The molecular weight excluding hydrogens is 244 g/mol. The van der Waals surface area contributed by atoms with E-state index in [4.69, 9.17) is 4.74 Å². The van der Waals surface area contributed by atoms with Crippen LogP contribution >= 0.6 is 11.3 Å². The Hall–Kier alpha value is -1.55. The predicted octanol–water partition coefficient (Wildman–Crippen LogP) is 3.70. The van der Waals surface area contributed by atoms with Gasteiger partial charge in [-0.05, 0) is 39.0 Å². The van der Waals surface area contributed by atoms with Crippen molar-refractivity contribution in [3.8, 4) is 17.0 Å². The molecule has 18 heavy (non-hydrogen) atoms. The van der Waals surface area contributed by atoms with E-state index in [9.17, 15) is 0 Å². The van der Waals surface area contributed by atoms with Crippen molar-refractivity contribution in [2.24, 2.45) is 0 Å². The van der Waals surface area contributed by atoms with Gasteiger partial charge in [-0.1, -0.05) is 0 Å². The molecule has 1 aromatic heterocycles. The molecule has 1 aliphatic rings. The molecule has 0 unspecified atom stereocenters. The number of aryl methyl sites for hydroxylation is 1. The Labute approximate surface area is 111 Å². The van der Waals surface area contributed by atoms with Gasteiger partial charge in [0.15, 0.2) is 0 Å². The molecule has 1 N–H and O–H groups in total. The van der Waals surface area contributed by atoms with E-state index in [0.717, 1.165) is 34.2 Å². The number of thiazole rings is 1. The summed E-state index contributed by atoms with van der Waals surface area (Å²) in [7, 11) is 0. The highest BCUT2D eigenvalue weighted by Gasteiger charge is 2.26. The van der Waals surface area contributed by atoms with Crippen molar-refractivity contribution in [2.45, 2.75) is 26.4 Å². The average molecular weight is 260 g/mol. The largest absolute Gasteiger partial charge is 0.484 e. The second-order valence-electron chi connectivity index (χ2n) is 5.18. The van der Waals surface area contributed by atoms with Crippen molar-refractivity contribution in [2.75, 3.05) is 11.9 Å². The van der Waals surface area contributed by atoms with Gasteiger partial charge in [0.1, 0.15) is 11.4 Å². The first-order valence-electron chi connectivity index (χ1n) is 6.03.